The van der Waals surface area contributed by atoms with Crippen LogP contribution in [0.5, 0.6) is 0 Å². The molecule has 0 saturated heterocycles. The number of quaternary nitrogens is 1. The molecule has 0 aromatic heterocycles. The molecule has 0 aromatic carbocycles. The van der Waals surface area contributed by atoms with Crippen molar-refractivity contribution in [2.24, 2.45) is 0 Å². The van der Waals surface area contributed by atoms with Gasteiger partial charge in [-0.1, -0.05) is 77.6 Å². The number of hydrogen-bond donors (Lipinski definition) is 0. The molecule has 0 heterocycles. The van der Waals surface area contributed by atoms with E-state index in [1.807, 2.05) is 0 Å². The summed E-state index contributed by atoms with van der Waals surface area (Å²) < 4.78 is 63.6. The van der Waals surface area contributed by atoms with Gasteiger partial charge in [-0.2, -0.15) is 0 Å². The Morgan fingerprint density at radius 3 is 1.60 bits per heavy atom. The molecule has 1 atom stereocenters. The van der Waals surface area contributed by atoms with Crippen LogP contribution in [0.2, 0.25) is 0 Å². The van der Waals surface area contributed by atoms with Gasteiger partial charge in [-0.05, 0) is 6.42 Å². The lowest BCUT2D eigenvalue weighted by Crippen LogP contribution is -2.37. The van der Waals surface area contributed by atoms with E-state index in [0.29, 0.717) is 25.9 Å². The average Bonchev–Trinajstić information content (AvgIpc) is 2.70. The summed E-state index contributed by atoms with van der Waals surface area (Å²) in [6.45, 7) is 4.18. The first kappa shape index (κ1) is 36.9. The van der Waals surface area contributed by atoms with Gasteiger partial charge in [0, 0.05) is 26.4 Å². The van der Waals surface area contributed by atoms with E-state index in [-0.39, 0.29) is 17.6 Å². The molecule has 0 amide bonds. The van der Waals surface area contributed by atoms with Crippen molar-refractivity contribution < 1.29 is 35.3 Å². The van der Waals surface area contributed by atoms with Crippen LogP contribution in [0.3, 0.4) is 0 Å². The third-order valence-corrected chi connectivity index (χ3v) is 7.29. The quantitative estimate of drug-likeness (QED) is 0.113. The molecule has 0 aromatic rings. The van der Waals surface area contributed by atoms with Crippen molar-refractivity contribution >= 4 is 20.0 Å². The molecule has 0 spiro atoms. The lowest BCUT2D eigenvalue weighted by Gasteiger charge is -2.23. The molecule has 0 rings (SSSR count). The van der Waals surface area contributed by atoms with Crippen molar-refractivity contribution in [2.45, 2.75) is 96.5 Å². The Morgan fingerprint density at radius 1 is 0.771 bits per heavy atom. The predicted octanol–water partition coefficient (Wildman–Crippen LogP) is 4.39. The first-order valence-corrected chi connectivity index (χ1v) is 16.9. The molecular formula is C25H55NO7S2. The van der Waals surface area contributed by atoms with Gasteiger partial charge in [-0.3, -0.25) is 0 Å². The van der Waals surface area contributed by atoms with Crippen LogP contribution >= 0.6 is 0 Å². The molecule has 0 aliphatic carbocycles. The second-order valence-electron chi connectivity index (χ2n) is 10.5. The van der Waals surface area contributed by atoms with E-state index in [4.69, 9.17) is 22.4 Å². The molecule has 0 N–H and O–H groups in total. The molecule has 0 aliphatic heterocycles. The number of hydrogen-bond acceptors (Lipinski definition) is 7. The van der Waals surface area contributed by atoms with Crippen LogP contribution in [0.1, 0.15) is 90.4 Å². The largest absolute Gasteiger partial charge is 0.748 e. The van der Waals surface area contributed by atoms with E-state index >= 15 is 0 Å². The maximum absolute atomic E-state index is 12.3. The van der Waals surface area contributed by atoms with Crippen LogP contribution in [-0.4, -0.2) is 97.7 Å². The van der Waals surface area contributed by atoms with Crippen LogP contribution in [0.25, 0.3) is 0 Å². The number of rotatable bonds is 22. The monoisotopic (exact) mass is 545 g/mol. The molecule has 0 bridgehead atoms. The van der Waals surface area contributed by atoms with Crippen LogP contribution in [0, 0.1) is 0 Å². The van der Waals surface area contributed by atoms with Crippen molar-refractivity contribution in [1.82, 2.24) is 0 Å². The van der Waals surface area contributed by atoms with Crippen molar-refractivity contribution in [3.63, 3.8) is 0 Å². The summed E-state index contributed by atoms with van der Waals surface area (Å²) in [6.07, 6.45) is 16.8. The summed E-state index contributed by atoms with van der Waals surface area (Å²) in [5.41, 5.74) is 0. The minimum Gasteiger partial charge on any atom is -0.748 e. The fourth-order valence-electron chi connectivity index (χ4n) is 3.57. The minimum atomic E-state index is -3.92. The van der Waals surface area contributed by atoms with Gasteiger partial charge in [0.25, 0.3) is 0 Å². The standard InChI is InChI=1S/C24H52NO4S.CH4O3S/c1-6-7-8-9-10-11-12-13-14-15-16-17-20-29-22-24(28-5)23-30(26,27)21-18-19-25(2,3)4;1-5(2,3)4/h24H,6-23H2,1-5H3;1H3,(H,2,3,4)/q+1;/p-1. The SMILES string of the molecule is CCCCCCCCCCCCCCOCC(CS(=O)(=O)CCC[N+](C)(C)C)OC.CS(=O)(=O)[O-]. The Hall–Kier alpha value is -0.260. The molecule has 0 radical (unpaired) electrons. The second kappa shape index (κ2) is 21.8. The van der Waals surface area contributed by atoms with E-state index in [9.17, 15) is 8.42 Å². The zero-order valence-corrected chi connectivity index (χ0v) is 25.1. The van der Waals surface area contributed by atoms with E-state index in [2.05, 4.69) is 28.1 Å². The van der Waals surface area contributed by atoms with Gasteiger partial charge >= 0.3 is 0 Å². The van der Waals surface area contributed by atoms with E-state index in [0.717, 1.165) is 17.4 Å². The molecule has 1 unspecified atom stereocenters. The summed E-state index contributed by atoms with van der Waals surface area (Å²) in [7, 11) is 0.785. The predicted molar refractivity (Wildman–Crippen MR) is 144 cm³/mol. The molecule has 10 heteroatoms. The zero-order valence-electron chi connectivity index (χ0n) is 23.4. The maximum Gasteiger partial charge on any atom is 0.153 e. The summed E-state index contributed by atoms with van der Waals surface area (Å²) in [5.74, 6) is 0.278. The minimum absolute atomic E-state index is 0.0547. The maximum atomic E-state index is 12.3. The Kier molecular flexibility index (Phi) is 23.0. The average molecular weight is 546 g/mol. The highest BCUT2D eigenvalue weighted by molar-refractivity contribution is 7.91. The van der Waals surface area contributed by atoms with Gasteiger partial charge in [-0.15, -0.1) is 0 Å². The highest BCUT2D eigenvalue weighted by Crippen LogP contribution is 2.12. The number of unbranched alkanes of at least 4 members (excludes halogenated alkanes) is 11. The topological polar surface area (TPSA) is 110 Å². The Morgan fingerprint density at radius 2 is 1.20 bits per heavy atom. The van der Waals surface area contributed by atoms with E-state index < -0.39 is 20.0 Å². The van der Waals surface area contributed by atoms with Gasteiger partial charge in [-0.25, -0.2) is 16.8 Å². The van der Waals surface area contributed by atoms with Crippen molar-refractivity contribution in [3.8, 4) is 0 Å². The van der Waals surface area contributed by atoms with Crippen molar-refractivity contribution in [2.75, 3.05) is 65.8 Å². The summed E-state index contributed by atoms with van der Waals surface area (Å²) in [4.78, 5) is 0. The number of nitrogens with zero attached hydrogens (tertiary/aromatic N) is 1. The normalized spacial score (nSPS) is 13.3. The van der Waals surface area contributed by atoms with Crippen LogP contribution < -0.4 is 0 Å². The summed E-state index contributed by atoms with van der Waals surface area (Å²) >= 11 is 0. The molecule has 0 aliphatic rings. The Labute approximate surface area is 217 Å². The molecular weight excluding hydrogens is 490 g/mol. The molecule has 214 valence electrons. The van der Waals surface area contributed by atoms with Gasteiger partial charge in [0.2, 0.25) is 0 Å². The highest BCUT2D eigenvalue weighted by atomic mass is 32.2. The lowest BCUT2D eigenvalue weighted by atomic mass is 10.1. The Balaban J connectivity index is 0. The molecule has 8 nitrogen and oxygen atoms in total. The van der Waals surface area contributed by atoms with E-state index in [1.165, 1.54) is 70.6 Å². The second-order valence-corrected chi connectivity index (χ2v) is 14.1. The molecule has 0 saturated carbocycles. The highest BCUT2D eigenvalue weighted by Gasteiger charge is 2.20. The molecule has 0 fully saturated rings. The number of methoxy groups -OCH3 is 1. The zero-order chi connectivity index (χ0) is 27.2. The van der Waals surface area contributed by atoms with Crippen LogP contribution in [0.15, 0.2) is 0 Å². The van der Waals surface area contributed by atoms with Crippen LogP contribution in [-0.2, 0) is 29.4 Å². The van der Waals surface area contributed by atoms with Gasteiger partial charge in [0.05, 0.1) is 62.0 Å². The third-order valence-electron chi connectivity index (χ3n) is 5.50. The first-order chi connectivity index (χ1) is 16.2. The number of ether oxygens (including phenoxy) is 2. The Bertz CT molecular complexity index is 666. The summed E-state index contributed by atoms with van der Waals surface area (Å²) in [5, 5.41) is 0. The fourth-order valence-corrected chi connectivity index (χ4v) is 5.10. The van der Waals surface area contributed by atoms with Gasteiger partial charge in [0.1, 0.15) is 0 Å². The first-order valence-electron chi connectivity index (χ1n) is 13.2. The molecule has 35 heavy (non-hydrogen) atoms. The van der Waals surface area contributed by atoms with Crippen LogP contribution in [0.4, 0.5) is 0 Å². The van der Waals surface area contributed by atoms with Crippen molar-refractivity contribution in [3.05, 3.63) is 0 Å². The van der Waals surface area contributed by atoms with Gasteiger partial charge in [0.15, 0.2) is 9.84 Å². The van der Waals surface area contributed by atoms with Gasteiger partial charge < -0.3 is 18.5 Å². The fraction of sp³-hybridized carbons (Fsp3) is 1.00. The lowest BCUT2D eigenvalue weighted by molar-refractivity contribution is -0.870. The third kappa shape index (κ3) is 36.0. The van der Waals surface area contributed by atoms with E-state index in [1.54, 1.807) is 7.11 Å². The number of sulfone groups is 1. The summed E-state index contributed by atoms with van der Waals surface area (Å²) in [6, 6.07) is 0. The van der Waals surface area contributed by atoms with Crippen molar-refractivity contribution in [1.29, 1.82) is 0 Å². The smallest absolute Gasteiger partial charge is 0.153 e.